The molecule has 2 aromatic rings. The fraction of sp³-hybridized carbons (Fsp3) is 0.438. The van der Waals surface area contributed by atoms with E-state index in [2.05, 4.69) is 28.6 Å². The smallest absolute Gasteiger partial charge is 0.118 e. The summed E-state index contributed by atoms with van der Waals surface area (Å²) in [6, 6.07) is 8.39. The van der Waals surface area contributed by atoms with Gasteiger partial charge in [-0.2, -0.15) is 0 Å². The zero-order chi connectivity index (χ0) is 14.4. The van der Waals surface area contributed by atoms with Crippen LogP contribution in [-0.2, 0) is 19.4 Å². The summed E-state index contributed by atoms with van der Waals surface area (Å²) < 4.78 is 7.36. The van der Waals surface area contributed by atoms with Crippen LogP contribution < -0.4 is 10.5 Å². The van der Waals surface area contributed by atoms with E-state index in [0.717, 1.165) is 37.4 Å². The molecule has 1 atom stereocenters. The van der Waals surface area contributed by atoms with Gasteiger partial charge in [0.25, 0.3) is 0 Å². The molecule has 2 rings (SSSR count). The lowest BCUT2D eigenvalue weighted by molar-refractivity contribution is 0.414. The molecule has 0 bridgehead atoms. The molecule has 0 amide bonds. The maximum Gasteiger partial charge on any atom is 0.118 e. The monoisotopic (exact) mass is 273 g/mol. The summed E-state index contributed by atoms with van der Waals surface area (Å²) in [6.45, 7) is 3.04. The summed E-state index contributed by atoms with van der Waals surface area (Å²) in [4.78, 5) is 4.41. The molecule has 1 heterocycles. The van der Waals surface area contributed by atoms with E-state index in [-0.39, 0.29) is 6.04 Å². The normalized spacial score (nSPS) is 12.3. The van der Waals surface area contributed by atoms with Crippen molar-refractivity contribution in [2.24, 2.45) is 5.73 Å². The SMILES string of the molecule is CCC(N)Cc1nccn1CCc1ccc(OC)cc1. The Hall–Kier alpha value is -1.81. The molecule has 108 valence electrons. The van der Waals surface area contributed by atoms with Gasteiger partial charge in [0.1, 0.15) is 11.6 Å². The summed E-state index contributed by atoms with van der Waals surface area (Å²) >= 11 is 0. The summed E-state index contributed by atoms with van der Waals surface area (Å²) in [6.07, 6.45) is 6.68. The van der Waals surface area contributed by atoms with Crippen molar-refractivity contribution in [3.63, 3.8) is 0 Å². The van der Waals surface area contributed by atoms with E-state index in [4.69, 9.17) is 10.5 Å². The minimum absolute atomic E-state index is 0.192. The predicted octanol–water partition coefficient (Wildman–Crippen LogP) is 2.41. The number of nitrogens with two attached hydrogens (primary N) is 1. The first-order valence-corrected chi connectivity index (χ1v) is 7.11. The van der Waals surface area contributed by atoms with Crippen molar-refractivity contribution in [2.75, 3.05) is 7.11 Å². The molecule has 0 spiro atoms. The summed E-state index contributed by atoms with van der Waals surface area (Å²) in [7, 11) is 1.68. The van der Waals surface area contributed by atoms with Crippen molar-refractivity contribution in [3.8, 4) is 5.75 Å². The van der Waals surface area contributed by atoms with E-state index in [1.54, 1.807) is 7.11 Å². The standard InChI is InChI=1S/C16H23N3O/c1-3-14(17)12-16-18-9-11-19(16)10-8-13-4-6-15(20-2)7-5-13/h4-7,9,11,14H,3,8,10,12,17H2,1-2H3. The first kappa shape index (κ1) is 14.6. The number of benzene rings is 1. The third-order valence-electron chi connectivity index (χ3n) is 3.57. The Morgan fingerprint density at radius 2 is 2.05 bits per heavy atom. The summed E-state index contributed by atoms with van der Waals surface area (Å²) in [5.41, 5.74) is 7.30. The molecule has 1 aromatic carbocycles. The molecule has 4 heteroatoms. The highest BCUT2D eigenvalue weighted by molar-refractivity contribution is 5.27. The van der Waals surface area contributed by atoms with Crippen LogP contribution in [0.3, 0.4) is 0 Å². The Labute approximate surface area is 120 Å². The molecule has 0 saturated carbocycles. The van der Waals surface area contributed by atoms with Crippen LogP contribution in [0.4, 0.5) is 0 Å². The lowest BCUT2D eigenvalue weighted by atomic mass is 10.1. The zero-order valence-electron chi connectivity index (χ0n) is 12.2. The molecule has 0 radical (unpaired) electrons. The number of imidazole rings is 1. The molecule has 0 aliphatic heterocycles. The molecule has 0 fully saturated rings. The van der Waals surface area contributed by atoms with Gasteiger partial charge in [0.05, 0.1) is 7.11 Å². The fourth-order valence-electron chi connectivity index (χ4n) is 2.15. The minimum atomic E-state index is 0.192. The van der Waals surface area contributed by atoms with Crippen molar-refractivity contribution >= 4 is 0 Å². The van der Waals surface area contributed by atoms with Gasteiger partial charge in [0.15, 0.2) is 0 Å². The molecular formula is C16H23N3O. The fourth-order valence-corrected chi connectivity index (χ4v) is 2.15. The molecule has 2 N–H and O–H groups in total. The van der Waals surface area contributed by atoms with Crippen LogP contribution >= 0.6 is 0 Å². The van der Waals surface area contributed by atoms with Gasteiger partial charge in [-0.05, 0) is 30.5 Å². The van der Waals surface area contributed by atoms with Crippen LogP contribution in [0, 0.1) is 0 Å². The first-order valence-electron chi connectivity index (χ1n) is 7.11. The van der Waals surface area contributed by atoms with Gasteiger partial charge in [-0.3, -0.25) is 0 Å². The molecule has 1 aromatic heterocycles. The third-order valence-corrected chi connectivity index (χ3v) is 3.57. The maximum absolute atomic E-state index is 6.01. The van der Waals surface area contributed by atoms with Crippen molar-refractivity contribution in [1.29, 1.82) is 0 Å². The van der Waals surface area contributed by atoms with Gasteiger partial charge >= 0.3 is 0 Å². The van der Waals surface area contributed by atoms with Gasteiger partial charge in [0.2, 0.25) is 0 Å². The molecule has 0 aliphatic rings. The Balaban J connectivity index is 1.94. The van der Waals surface area contributed by atoms with Gasteiger partial charge in [-0.25, -0.2) is 4.98 Å². The average Bonchev–Trinajstić information content (AvgIpc) is 2.92. The Morgan fingerprint density at radius 3 is 2.70 bits per heavy atom. The Bertz CT molecular complexity index is 519. The van der Waals surface area contributed by atoms with E-state index >= 15 is 0 Å². The molecule has 4 nitrogen and oxygen atoms in total. The maximum atomic E-state index is 6.01. The number of rotatable bonds is 7. The quantitative estimate of drug-likeness (QED) is 0.843. The number of hydrogen-bond donors (Lipinski definition) is 1. The second-order valence-electron chi connectivity index (χ2n) is 5.01. The second kappa shape index (κ2) is 7.10. The molecule has 1 unspecified atom stereocenters. The predicted molar refractivity (Wildman–Crippen MR) is 80.9 cm³/mol. The van der Waals surface area contributed by atoms with Crippen molar-refractivity contribution in [1.82, 2.24) is 9.55 Å². The minimum Gasteiger partial charge on any atom is -0.497 e. The largest absolute Gasteiger partial charge is 0.497 e. The highest BCUT2D eigenvalue weighted by Crippen LogP contribution is 2.13. The lowest BCUT2D eigenvalue weighted by Gasteiger charge is -2.11. The second-order valence-corrected chi connectivity index (χ2v) is 5.01. The van der Waals surface area contributed by atoms with Crippen molar-refractivity contribution in [3.05, 3.63) is 48.0 Å². The summed E-state index contributed by atoms with van der Waals surface area (Å²) in [5.74, 6) is 1.97. The van der Waals surface area contributed by atoms with E-state index in [9.17, 15) is 0 Å². The van der Waals surface area contributed by atoms with Crippen LogP contribution in [0.25, 0.3) is 0 Å². The molecular weight excluding hydrogens is 250 g/mol. The first-order chi connectivity index (χ1) is 9.72. The van der Waals surface area contributed by atoms with Crippen molar-refractivity contribution in [2.45, 2.75) is 38.8 Å². The van der Waals surface area contributed by atoms with Crippen molar-refractivity contribution < 1.29 is 4.74 Å². The molecule has 0 aliphatic carbocycles. The Kier molecular flexibility index (Phi) is 5.18. The highest BCUT2D eigenvalue weighted by Gasteiger charge is 2.07. The van der Waals surface area contributed by atoms with Gasteiger partial charge < -0.3 is 15.0 Å². The van der Waals surface area contributed by atoms with Gasteiger partial charge in [-0.1, -0.05) is 19.1 Å². The van der Waals surface area contributed by atoms with Gasteiger partial charge in [-0.15, -0.1) is 0 Å². The average molecular weight is 273 g/mol. The van der Waals surface area contributed by atoms with Crippen LogP contribution in [-0.4, -0.2) is 22.7 Å². The number of hydrogen-bond acceptors (Lipinski definition) is 3. The number of methoxy groups -OCH3 is 1. The van der Waals surface area contributed by atoms with E-state index in [1.165, 1.54) is 5.56 Å². The highest BCUT2D eigenvalue weighted by atomic mass is 16.5. The van der Waals surface area contributed by atoms with E-state index in [0.29, 0.717) is 0 Å². The van der Waals surface area contributed by atoms with Crippen LogP contribution in [0.5, 0.6) is 5.75 Å². The third kappa shape index (κ3) is 3.84. The molecule has 0 saturated heterocycles. The van der Waals surface area contributed by atoms with Crippen LogP contribution in [0.2, 0.25) is 0 Å². The summed E-state index contributed by atoms with van der Waals surface area (Å²) in [5, 5.41) is 0. The van der Waals surface area contributed by atoms with Crippen LogP contribution in [0.1, 0.15) is 24.7 Å². The molecule has 20 heavy (non-hydrogen) atoms. The zero-order valence-corrected chi connectivity index (χ0v) is 12.2. The van der Waals surface area contributed by atoms with E-state index < -0.39 is 0 Å². The van der Waals surface area contributed by atoms with Crippen LogP contribution in [0.15, 0.2) is 36.7 Å². The number of ether oxygens (including phenoxy) is 1. The number of aryl methyl sites for hydroxylation is 2. The number of nitrogens with zero attached hydrogens (tertiary/aromatic N) is 2. The number of aromatic nitrogens is 2. The van der Waals surface area contributed by atoms with Gasteiger partial charge in [0, 0.05) is 31.4 Å². The topological polar surface area (TPSA) is 53.1 Å². The van der Waals surface area contributed by atoms with E-state index in [1.807, 2.05) is 24.5 Å². The lowest BCUT2D eigenvalue weighted by Crippen LogP contribution is -2.23. The Morgan fingerprint density at radius 1 is 1.30 bits per heavy atom.